The summed E-state index contributed by atoms with van der Waals surface area (Å²) in [6.45, 7) is 2.42. The molecule has 5 aliphatic rings. The zero-order chi connectivity index (χ0) is 16.6. The van der Waals surface area contributed by atoms with Crippen molar-refractivity contribution < 1.29 is 0 Å². The normalized spacial score (nSPS) is 52.7. The van der Waals surface area contributed by atoms with Crippen molar-refractivity contribution in [1.29, 1.82) is 0 Å². The summed E-state index contributed by atoms with van der Waals surface area (Å²) in [6, 6.07) is 11.5. The second-order valence-corrected chi connectivity index (χ2v) is 10.5. The molecule has 0 amide bonds. The van der Waals surface area contributed by atoms with Gasteiger partial charge in [-0.25, -0.2) is 0 Å². The maximum atomic E-state index is 2.61. The molecule has 4 fully saturated rings. The Kier molecular flexibility index (Phi) is 3.16. The molecule has 0 heterocycles. The fourth-order valence-electron chi connectivity index (χ4n) is 8.69. The van der Waals surface area contributed by atoms with Gasteiger partial charge < -0.3 is 0 Å². The van der Waals surface area contributed by atoms with Crippen LogP contribution in [0, 0.1) is 46.8 Å². The van der Waals surface area contributed by atoms with Gasteiger partial charge in [-0.1, -0.05) is 49.4 Å². The Hall–Kier alpha value is -1.04. The van der Waals surface area contributed by atoms with E-state index in [1.807, 2.05) is 0 Å². The van der Waals surface area contributed by atoms with Crippen molar-refractivity contribution >= 4 is 0 Å². The van der Waals surface area contributed by atoms with Crippen LogP contribution in [0.2, 0.25) is 0 Å². The van der Waals surface area contributed by atoms with Gasteiger partial charge in [0, 0.05) is 0 Å². The van der Waals surface area contributed by atoms with Gasteiger partial charge in [-0.2, -0.15) is 0 Å². The van der Waals surface area contributed by atoms with E-state index in [1.165, 1.54) is 12.8 Å². The van der Waals surface area contributed by atoms with Crippen molar-refractivity contribution in [2.24, 2.45) is 46.8 Å². The van der Waals surface area contributed by atoms with Crippen molar-refractivity contribution in [3.63, 3.8) is 0 Å². The predicted octanol–water partition coefficient (Wildman–Crippen LogP) is 6.44. The van der Waals surface area contributed by atoms with Crippen LogP contribution in [0.1, 0.15) is 63.4 Å². The Morgan fingerprint density at radius 3 is 2.44 bits per heavy atom. The average molecular weight is 333 g/mol. The average Bonchev–Trinajstić information content (AvgIpc) is 3.41. The summed E-state index contributed by atoms with van der Waals surface area (Å²) >= 11 is 0. The lowest BCUT2D eigenvalue weighted by molar-refractivity contribution is 0.0234. The first kappa shape index (κ1) is 15.1. The molecular formula is C25H32. The van der Waals surface area contributed by atoms with Crippen LogP contribution in [0.5, 0.6) is 0 Å². The van der Waals surface area contributed by atoms with Crippen molar-refractivity contribution in [2.45, 2.75) is 57.8 Å². The Bertz CT molecular complexity index is 687. The highest BCUT2D eigenvalue weighted by atomic mass is 14.7. The van der Waals surface area contributed by atoms with E-state index in [9.17, 15) is 0 Å². The summed E-state index contributed by atoms with van der Waals surface area (Å²) < 4.78 is 0. The fourth-order valence-corrected chi connectivity index (χ4v) is 8.69. The molecule has 4 saturated carbocycles. The molecule has 0 N–H and O–H groups in total. The summed E-state index contributed by atoms with van der Waals surface area (Å²) in [4.78, 5) is 0. The minimum absolute atomic E-state index is 0.767. The summed E-state index contributed by atoms with van der Waals surface area (Å²) in [5.41, 5.74) is 2.40. The van der Waals surface area contributed by atoms with Crippen LogP contribution in [-0.4, -0.2) is 0 Å². The van der Waals surface area contributed by atoms with Crippen LogP contribution in [0.25, 0.3) is 0 Å². The molecule has 1 aromatic carbocycles. The van der Waals surface area contributed by atoms with Crippen LogP contribution in [0.3, 0.4) is 0 Å². The molecule has 0 aliphatic heterocycles. The van der Waals surface area contributed by atoms with E-state index >= 15 is 0 Å². The van der Waals surface area contributed by atoms with Gasteiger partial charge in [0.15, 0.2) is 0 Å². The lowest BCUT2D eigenvalue weighted by atomic mass is 9.57. The van der Waals surface area contributed by atoms with E-state index in [1.54, 1.807) is 37.7 Å². The molecule has 0 radical (unpaired) electrons. The number of fused-ring (bicyclic) bond motifs is 6. The Morgan fingerprint density at radius 2 is 1.76 bits per heavy atom. The maximum absolute atomic E-state index is 2.61. The van der Waals surface area contributed by atoms with Crippen LogP contribution in [0.4, 0.5) is 0 Å². The van der Waals surface area contributed by atoms with Crippen molar-refractivity contribution in [3.8, 4) is 0 Å². The number of hydrogen-bond acceptors (Lipinski definition) is 0. The van der Waals surface area contributed by atoms with Gasteiger partial charge in [0.25, 0.3) is 0 Å². The van der Waals surface area contributed by atoms with Gasteiger partial charge in [0.2, 0.25) is 0 Å². The van der Waals surface area contributed by atoms with Crippen LogP contribution >= 0.6 is 0 Å². The summed E-state index contributed by atoms with van der Waals surface area (Å²) in [5, 5.41) is 0. The highest BCUT2D eigenvalue weighted by Gasteiger charge is 2.65. The maximum Gasteiger partial charge on any atom is -0.0130 e. The summed E-state index contributed by atoms with van der Waals surface area (Å²) in [6.07, 6.45) is 15.9. The molecule has 0 aromatic heterocycles. The third-order valence-corrected chi connectivity index (χ3v) is 9.38. The van der Waals surface area contributed by atoms with E-state index in [0.29, 0.717) is 0 Å². The van der Waals surface area contributed by atoms with Crippen LogP contribution < -0.4 is 0 Å². The van der Waals surface area contributed by atoms with Gasteiger partial charge >= 0.3 is 0 Å². The number of allylic oxidation sites excluding steroid dienone is 2. The SMILES string of the molecule is CC1C=CC(C2CC3CC2C2(C3)CC3CC2CC3c2ccccc2)C1. The summed E-state index contributed by atoms with van der Waals surface area (Å²) in [7, 11) is 0. The fraction of sp³-hybridized carbons (Fsp3) is 0.680. The first-order chi connectivity index (χ1) is 12.2. The number of hydrogen-bond donors (Lipinski definition) is 0. The van der Waals surface area contributed by atoms with Crippen LogP contribution in [-0.2, 0) is 0 Å². The van der Waals surface area contributed by atoms with Crippen LogP contribution in [0.15, 0.2) is 42.5 Å². The zero-order valence-electron chi connectivity index (χ0n) is 15.6. The third kappa shape index (κ3) is 2.06. The highest BCUT2D eigenvalue weighted by molar-refractivity contribution is 5.26. The first-order valence-corrected chi connectivity index (χ1v) is 11.0. The molecule has 4 bridgehead atoms. The largest absolute Gasteiger partial charge is 0.0854 e. The lowest BCUT2D eigenvalue weighted by Crippen LogP contribution is -2.40. The Labute approximate surface area is 153 Å². The van der Waals surface area contributed by atoms with Crippen molar-refractivity contribution in [3.05, 3.63) is 48.0 Å². The van der Waals surface area contributed by atoms with E-state index < -0.39 is 0 Å². The predicted molar refractivity (Wildman–Crippen MR) is 103 cm³/mol. The minimum Gasteiger partial charge on any atom is -0.0854 e. The van der Waals surface area contributed by atoms with Gasteiger partial charge in [0.05, 0.1) is 0 Å². The molecule has 9 unspecified atom stereocenters. The van der Waals surface area contributed by atoms with Gasteiger partial charge in [-0.3, -0.25) is 0 Å². The molecule has 1 spiro atoms. The number of rotatable bonds is 2. The van der Waals surface area contributed by atoms with E-state index in [0.717, 1.165) is 52.8 Å². The van der Waals surface area contributed by atoms with E-state index in [2.05, 4.69) is 49.4 Å². The molecule has 5 aliphatic carbocycles. The second kappa shape index (κ2) is 5.24. The Balaban J connectivity index is 1.25. The molecule has 1 aromatic rings. The Morgan fingerprint density at radius 1 is 0.880 bits per heavy atom. The first-order valence-electron chi connectivity index (χ1n) is 11.0. The molecule has 0 saturated heterocycles. The standard InChI is InChI=1S/C25H32/c1-16-7-8-19(9-16)23-10-17-11-24(23)25(14-17)15-20-12-21(25)13-22(20)18-5-3-2-4-6-18/h2-8,16-17,19-24H,9-15H2,1H3. The van der Waals surface area contributed by atoms with Crippen molar-refractivity contribution in [2.75, 3.05) is 0 Å². The third-order valence-electron chi connectivity index (χ3n) is 9.38. The highest BCUT2D eigenvalue weighted by Crippen LogP contribution is 2.74. The lowest BCUT2D eigenvalue weighted by Gasteiger charge is -2.48. The van der Waals surface area contributed by atoms with Crippen molar-refractivity contribution in [1.82, 2.24) is 0 Å². The molecule has 0 nitrogen and oxygen atoms in total. The molecule has 6 rings (SSSR count). The number of benzene rings is 1. The molecular weight excluding hydrogens is 300 g/mol. The second-order valence-electron chi connectivity index (χ2n) is 10.5. The van der Waals surface area contributed by atoms with Gasteiger partial charge in [0.1, 0.15) is 0 Å². The molecule has 0 heteroatoms. The van der Waals surface area contributed by atoms with Gasteiger partial charge in [-0.05, 0) is 103 Å². The molecule has 25 heavy (non-hydrogen) atoms. The monoisotopic (exact) mass is 332 g/mol. The summed E-state index contributed by atoms with van der Waals surface area (Å²) in [5.74, 6) is 7.86. The zero-order valence-corrected chi connectivity index (χ0v) is 15.6. The minimum atomic E-state index is 0.767. The molecule has 132 valence electrons. The smallest absolute Gasteiger partial charge is 0.0130 e. The van der Waals surface area contributed by atoms with E-state index in [4.69, 9.17) is 0 Å². The van der Waals surface area contributed by atoms with Gasteiger partial charge in [-0.15, -0.1) is 0 Å². The van der Waals surface area contributed by atoms with E-state index in [-0.39, 0.29) is 0 Å². The quantitative estimate of drug-likeness (QED) is 0.546. The topological polar surface area (TPSA) is 0 Å². The molecule has 9 atom stereocenters.